The first-order valence-electron chi connectivity index (χ1n) is 13.2. The van der Waals surface area contributed by atoms with E-state index in [0.29, 0.717) is 27.7 Å². The molecule has 234 valence electrons. The standard InChI is InChI=1S/C13H10O5.C11H8O5.C6H9B3O3/c1-3-17-9-4-5-11-8(6-9)7-10(12(14)16-2)13(15)18-11;1-15-10(13)8-5-6-4-7(12)2-3-9(6)16-11(8)14;1-4-7-10-8(5-2)12-9(6-3)11-7/h3-7H,1H2,2H3;2-5,12H,1H3;4-6H,1-3H2. The van der Waals surface area contributed by atoms with Gasteiger partial charge in [-0.15, -0.1) is 19.7 Å². The molecule has 0 amide bonds. The third-order valence-corrected chi connectivity index (χ3v) is 5.83. The van der Waals surface area contributed by atoms with Crippen LogP contribution >= 0.6 is 0 Å². The van der Waals surface area contributed by atoms with Crippen molar-refractivity contribution in [3.8, 4) is 11.5 Å². The monoisotopic (exact) mass is 628 g/mol. The van der Waals surface area contributed by atoms with Crippen LogP contribution in [0.5, 0.6) is 11.5 Å². The quantitative estimate of drug-likeness (QED) is 0.135. The van der Waals surface area contributed by atoms with E-state index in [0.717, 1.165) is 0 Å². The van der Waals surface area contributed by atoms with Gasteiger partial charge in [0.2, 0.25) is 0 Å². The predicted octanol–water partition coefficient (Wildman–Crippen LogP) is 4.08. The maximum absolute atomic E-state index is 11.5. The van der Waals surface area contributed by atoms with Crippen LogP contribution in [-0.4, -0.2) is 52.6 Å². The Kier molecular flexibility index (Phi) is 12.5. The first kappa shape index (κ1) is 34.9. The van der Waals surface area contributed by atoms with Crippen LogP contribution in [0.3, 0.4) is 0 Å². The lowest BCUT2D eigenvalue weighted by atomic mass is 9.70. The molecule has 0 unspecified atom stereocenters. The van der Waals surface area contributed by atoms with Crippen LogP contribution in [0.2, 0.25) is 0 Å². The molecule has 1 N–H and O–H groups in total. The summed E-state index contributed by atoms with van der Waals surface area (Å²) in [7, 11) is 1.01. The molecule has 0 atom stereocenters. The summed E-state index contributed by atoms with van der Waals surface area (Å²) in [5, 5.41) is 10.3. The number of phenols is 1. The van der Waals surface area contributed by atoms with E-state index in [-0.39, 0.29) is 16.9 Å². The predicted molar refractivity (Wildman–Crippen MR) is 171 cm³/mol. The fourth-order valence-electron chi connectivity index (χ4n) is 3.71. The number of phenolic OH excluding ortho intramolecular Hbond substituents is 1. The van der Waals surface area contributed by atoms with Crippen LogP contribution in [0.15, 0.2) is 117 Å². The van der Waals surface area contributed by atoms with Crippen molar-refractivity contribution < 1.29 is 51.5 Å². The van der Waals surface area contributed by atoms with Gasteiger partial charge in [0.05, 0.1) is 20.5 Å². The first-order chi connectivity index (χ1) is 22.1. The van der Waals surface area contributed by atoms with Crippen molar-refractivity contribution in [1.29, 1.82) is 0 Å². The lowest BCUT2D eigenvalue weighted by Crippen LogP contribution is -2.46. The molecule has 0 saturated carbocycles. The number of aromatic hydroxyl groups is 1. The zero-order valence-electron chi connectivity index (χ0n) is 24.8. The zero-order valence-corrected chi connectivity index (χ0v) is 24.8. The Labute approximate surface area is 263 Å². The van der Waals surface area contributed by atoms with E-state index < -0.39 is 44.5 Å². The number of hydrogen-bond acceptors (Lipinski definition) is 13. The minimum atomic E-state index is -0.765. The molecule has 1 saturated heterocycles. The summed E-state index contributed by atoms with van der Waals surface area (Å²) < 4.78 is 39.5. The summed E-state index contributed by atoms with van der Waals surface area (Å²) in [5.41, 5.74) is -1.17. The fourth-order valence-corrected chi connectivity index (χ4v) is 3.71. The van der Waals surface area contributed by atoms with Crippen molar-refractivity contribution in [2.45, 2.75) is 0 Å². The van der Waals surface area contributed by atoms with Crippen molar-refractivity contribution in [2.24, 2.45) is 0 Å². The van der Waals surface area contributed by atoms with E-state index in [1.54, 1.807) is 36.1 Å². The van der Waals surface area contributed by atoms with Gasteiger partial charge in [0, 0.05) is 10.8 Å². The van der Waals surface area contributed by atoms with Crippen LogP contribution in [0.4, 0.5) is 0 Å². The molecule has 3 heterocycles. The highest BCUT2D eigenvalue weighted by Crippen LogP contribution is 2.21. The smallest absolute Gasteiger partial charge is 0.458 e. The van der Waals surface area contributed by atoms with Crippen LogP contribution in [0.25, 0.3) is 21.9 Å². The molecule has 0 spiro atoms. The highest BCUT2D eigenvalue weighted by molar-refractivity contribution is 6.78. The molecule has 46 heavy (non-hydrogen) atoms. The number of carbonyl (C=O) groups is 2. The molecule has 16 heteroatoms. The summed E-state index contributed by atoms with van der Waals surface area (Å²) >= 11 is 0. The Morgan fingerprint density at radius 3 is 1.54 bits per heavy atom. The number of fused-ring (bicyclic) bond motifs is 2. The molecule has 0 bridgehead atoms. The molecule has 0 radical (unpaired) electrons. The third kappa shape index (κ3) is 8.98. The van der Waals surface area contributed by atoms with Gasteiger partial charge in [0.1, 0.15) is 33.8 Å². The summed E-state index contributed by atoms with van der Waals surface area (Å²) in [6.07, 6.45) is 1.28. The van der Waals surface area contributed by atoms with Crippen molar-refractivity contribution in [3.63, 3.8) is 0 Å². The number of ether oxygens (including phenoxy) is 3. The first-order valence-corrected chi connectivity index (χ1v) is 13.2. The average molecular weight is 628 g/mol. The normalized spacial score (nSPS) is 12.1. The maximum Gasteiger partial charge on any atom is 0.458 e. The summed E-state index contributed by atoms with van der Waals surface area (Å²) in [6, 6.07) is 11.8. The number of carbonyl (C=O) groups excluding carboxylic acids is 2. The Bertz CT molecular complexity index is 1840. The van der Waals surface area contributed by atoms with Gasteiger partial charge >= 0.3 is 44.5 Å². The van der Waals surface area contributed by atoms with Gasteiger partial charge in [0.25, 0.3) is 0 Å². The second kappa shape index (κ2) is 16.5. The highest BCUT2D eigenvalue weighted by atomic mass is 16.7. The van der Waals surface area contributed by atoms with Gasteiger partial charge < -0.3 is 41.9 Å². The van der Waals surface area contributed by atoms with E-state index in [4.69, 9.17) is 27.3 Å². The Morgan fingerprint density at radius 2 is 1.13 bits per heavy atom. The molecule has 0 aliphatic carbocycles. The SMILES string of the molecule is C=CB1OB(C=C)OB(C=C)O1.C=COc1ccc2oc(=O)c(C(=O)OC)cc2c1.COC(=O)c1cc2cc(O)ccc2oc1=O. The molecule has 1 aliphatic rings. The fraction of sp³-hybridized carbons (Fsp3) is 0.0667. The minimum absolute atomic E-state index is 0.0252. The largest absolute Gasteiger partial charge is 0.508 e. The van der Waals surface area contributed by atoms with Crippen LogP contribution in [0.1, 0.15) is 20.7 Å². The van der Waals surface area contributed by atoms with Gasteiger partial charge in [-0.3, -0.25) is 0 Å². The molecular weight excluding hydrogens is 601 g/mol. The molecule has 2 aromatic carbocycles. The van der Waals surface area contributed by atoms with Gasteiger partial charge in [-0.05, 0) is 48.5 Å². The summed E-state index contributed by atoms with van der Waals surface area (Å²) in [5.74, 6) is 3.71. The maximum atomic E-state index is 11.5. The molecular formula is C30H27B3O13. The second-order valence-corrected chi connectivity index (χ2v) is 8.81. The van der Waals surface area contributed by atoms with Crippen molar-refractivity contribution in [1.82, 2.24) is 0 Å². The van der Waals surface area contributed by atoms with Crippen LogP contribution in [-0.2, 0) is 23.2 Å². The number of methoxy groups -OCH3 is 2. The zero-order chi connectivity index (χ0) is 33.8. The third-order valence-electron chi connectivity index (χ3n) is 5.83. The number of rotatable bonds is 7. The lowest BCUT2D eigenvalue weighted by Gasteiger charge is -2.26. The molecule has 2 aromatic heterocycles. The topological polar surface area (TPSA) is 170 Å². The average Bonchev–Trinajstić information content (AvgIpc) is 3.07. The minimum Gasteiger partial charge on any atom is -0.508 e. The molecule has 5 rings (SSSR count). The van der Waals surface area contributed by atoms with Gasteiger partial charge in [-0.25, -0.2) is 19.2 Å². The number of esters is 2. The van der Waals surface area contributed by atoms with Gasteiger partial charge in [-0.1, -0.05) is 24.5 Å². The van der Waals surface area contributed by atoms with E-state index >= 15 is 0 Å². The Morgan fingerprint density at radius 1 is 0.696 bits per heavy atom. The van der Waals surface area contributed by atoms with Crippen molar-refractivity contribution in [2.75, 3.05) is 14.2 Å². The molecule has 1 fully saturated rings. The van der Waals surface area contributed by atoms with Crippen molar-refractivity contribution in [3.05, 3.63) is 131 Å². The second-order valence-electron chi connectivity index (χ2n) is 8.81. The molecule has 4 aromatic rings. The highest BCUT2D eigenvalue weighted by Gasteiger charge is 2.35. The van der Waals surface area contributed by atoms with E-state index in [1.807, 2.05) is 0 Å². The Balaban J connectivity index is 0.000000192. The number of hydrogen-bond donors (Lipinski definition) is 1. The summed E-state index contributed by atoms with van der Waals surface area (Å²) in [4.78, 5) is 45.5. The van der Waals surface area contributed by atoms with Crippen LogP contribution < -0.4 is 16.0 Å². The number of benzene rings is 2. The van der Waals surface area contributed by atoms with E-state index in [1.165, 1.54) is 50.8 Å². The molecule has 1 aliphatic heterocycles. The Hall–Kier alpha value is -5.57. The lowest BCUT2D eigenvalue weighted by molar-refractivity contribution is 0.0587. The van der Waals surface area contributed by atoms with Crippen molar-refractivity contribution >= 4 is 55.2 Å². The van der Waals surface area contributed by atoms with E-state index in [9.17, 15) is 24.3 Å². The summed E-state index contributed by atoms with van der Waals surface area (Å²) in [6.45, 7) is 14.1. The van der Waals surface area contributed by atoms with Gasteiger partial charge in [-0.2, -0.15) is 0 Å². The molecule has 13 nitrogen and oxygen atoms in total. The van der Waals surface area contributed by atoms with Crippen LogP contribution in [0, 0.1) is 0 Å². The van der Waals surface area contributed by atoms with Gasteiger partial charge in [0.15, 0.2) is 0 Å². The van der Waals surface area contributed by atoms with E-state index in [2.05, 4.69) is 35.8 Å².